The van der Waals surface area contributed by atoms with Crippen LogP contribution in [0.15, 0.2) is 0 Å². The third-order valence-electron chi connectivity index (χ3n) is 5.35. The maximum absolute atomic E-state index is 12.6. The molecule has 2 saturated carbocycles. The van der Waals surface area contributed by atoms with Gasteiger partial charge in [-0.25, -0.2) is 4.68 Å². The third-order valence-corrected chi connectivity index (χ3v) is 5.35. The Kier molecular flexibility index (Phi) is 3.64. The van der Waals surface area contributed by atoms with E-state index >= 15 is 0 Å². The molecular weight excluding hydrogens is 278 g/mol. The van der Waals surface area contributed by atoms with Crippen LogP contribution in [0.1, 0.15) is 60.7 Å². The Bertz CT molecular complexity index is 543. The molecule has 2 heterocycles. The Morgan fingerprint density at radius 1 is 1.18 bits per heavy atom. The van der Waals surface area contributed by atoms with Crippen LogP contribution < -0.4 is 10.6 Å². The fourth-order valence-corrected chi connectivity index (χ4v) is 3.70. The van der Waals surface area contributed by atoms with Crippen LogP contribution in [-0.4, -0.2) is 40.0 Å². The van der Waals surface area contributed by atoms with E-state index in [1.165, 1.54) is 25.7 Å². The van der Waals surface area contributed by atoms with Gasteiger partial charge in [-0.3, -0.25) is 4.79 Å². The fraction of sp³-hybridized carbons (Fsp3) is 0.812. The normalized spacial score (nSPS) is 23.0. The van der Waals surface area contributed by atoms with Crippen molar-refractivity contribution in [3.63, 3.8) is 0 Å². The summed E-state index contributed by atoms with van der Waals surface area (Å²) in [5, 5.41) is 15.1. The molecule has 6 nitrogen and oxygen atoms in total. The summed E-state index contributed by atoms with van der Waals surface area (Å²) in [7, 11) is 0. The number of rotatable bonds is 5. The molecule has 0 atom stereocenters. The summed E-state index contributed by atoms with van der Waals surface area (Å²) in [6, 6.07) is 0.744. The molecule has 1 aliphatic heterocycles. The molecule has 3 aliphatic rings. The second kappa shape index (κ2) is 5.65. The standard InChI is InChI=1S/C16H25N5O/c1-10-14(19-20-21(10)13-6-8-17-9-7-13)16(22)18-15(11-2-3-11)12-4-5-12/h11-13,15,17H,2-9H2,1H3,(H,18,22). The van der Waals surface area contributed by atoms with Crippen molar-refractivity contribution in [1.82, 2.24) is 25.6 Å². The van der Waals surface area contributed by atoms with Gasteiger partial charge >= 0.3 is 0 Å². The van der Waals surface area contributed by atoms with Crippen LogP contribution in [0.2, 0.25) is 0 Å². The SMILES string of the molecule is Cc1c(C(=O)NC(C2CC2)C2CC2)nnn1C1CCNCC1. The molecule has 0 spiro atoms. The van der Waals surface area contributed by atoms with Crippen LogP contribution in [0, 0.1) is 18.8 Å². The average Bonchev–Trinajstić information content (AvgIpc) is 3.44. The molecule has 0 aromatic carbocycles. The lowest BCUT2D eigenvalue weighted by Gasteiger charge is -2.23. The molecule has 0 radical (unpaired) electrons. The Hall–Kier alpha value is -1.43. The van der Waals surface area contributed by atoms with Crippen molar-refractivity contribution < 1.29 is 4.79 Å². The minimum Gasteiger partial charge on any atom is -0.347 e. The van der Waals surface area contributed by atoms with Gasteiger partial charge < -0.3 is 10.6 Å². The molecule has 1 amide bonds. The highest BCUT2D eigenvalue weighted by molar-refractivity contribution is 5.93. The van der Waals surface area contributed by atoms with Crippen LogP contribution in [0.25, 0.3) is 0 Å². The van der Waals surface area contributed by atoms with Crippen molar-refractivity contribution in [2.75, 3.05) is 13.1 Å². The smallest absolute Gasteiger partial charge is 0.273 e. The van der Waals surface area contributed by atoms with Gasteiger partial charge in [-0.2, -0.15) is 0 Å². The van der Waals surface area contributed by atoms with Crippen molar-refractivity contribution in [3.05, 3.63) is 11.4 Å². The van der Waals surface area contributed by atoms with Crippen LogP contribution in [0.5, 0.6) is 0 Å². The maximum Gasteiger partial charge on any atom is 0.273 e. The summed E-state index contributed by atoms with van der Waals surface area (Å²) in [6.45, 7) is 3.99. The molecule has 120 valence electrons. The van der Waals surface area contributed by atoms with Crippen molar-refractivity contribution >= 4 is 5.91 Å². The van der Waals surface area contributed by atoms with Gasteiger partial charge in [-0.15, -0.1) is 5.10 Å². The predicted molar refractivity (Wildman–Crippen MR) is 82.6 cm³/mol. The second-order valence-electron chi connectivity index (χ2n) is 7.12. The van der Waals surface area contributed by atoms with E-state index in [-0.39, 0.29) is 5.91 Å². The van der Waals surface area contributed by atoms with E-state index in [4.69, 9.17) is 0 Å². The quantitative estimate of drug-likeness (QED) is 0.863. The summed E-state index contributed by atoms with van der Waals surface area (Å²) < 4.78 is 1.96. The van der Waals surface area contributed by atoms with E-state index in [1.54, 1.807) is 0 Å². The molecule has 6 heteroatoms. The van der Waals surface area contributed by atoms with Gasteiger partial charge in [0.25, 0.3) is 5.91 Å². The summed E-state index contributed by atoms with van der Waals surface area (Å²) in [4.78, 5) is 12.6. The molecule has 2 N–H and O–H groups in total. The second-order valence-corrected chi connectivity index (χ2v) is 7.12. The minimum atomic E-state index is -0.0264. The average molecular weight is 303 g/mol. The number of carbonyl (C=O) groups excluding carboxylic acids is 1. The maximum atomic E-state index is 12.6. The number of aromatic nitrogens is 3. The zero-order valence-electron chi connectivity index (χ0n) is 13.2. The molecule has 1 aromatic heterocycles. The number of piperidine rings is 1. The van der Waals surface area contributed by atoms with Crippen molar-refractivity contribution in [2.24, 2.45) is 11.8 Å². The van der Waals surface area contributed by atoms with Crippen molar-refractivity contribution in [2.45, 2.75) is 57.5 Å². The van der Waals surface area contributed by atoms with Gasteiger partial charge in [0.05, 0.1) is 11.7 Å². The minimum absolute atomic E-state index is 0.0264. The first kappa shape index (κ1) is 14.2. The third kappa shape index (κ3) is 2.76. The molecule has 3 fully saturated rings. The molecule has 22 heavy (non-hydrogen) atoms. The van der Waals surface area contributed by atoms with Crippen LogP contribution >= 0.6 is 0 Å². The summed E-state index contributed by atoms with van der Waals surface area (Å²) in [6.07, 6.45) is 7.17. The molecule has 0 bridgehead atoms. The first-order chi connectivity index (χ1) is 10.7. The van der Waals surface area contributed by atoms with E-state index in [2.05, 4.69) is 20.9 Å². The Labute approximate surface area is 131 Å². The Balaban J connectivity index is 1.47. The number of nitrogens with one attached hydrogen (secondary N) is 2. The zero-order valence-corrected chi connectivity index (χ0v) is 13.2. The van der Waals surface area contributed by atoms with E-state index in [0.717, 1.165) is 31.6 Å². The van der Waals surface area contributed by atoms with E-state index < -0.39 is 0 Å². The van der Waals surface area contributed by atoms with Gasteiger partial charge in [0.15, 0.2) is 5.69 Å². The highest BCUT2D eigenvalue weighted by Gasteiger charge is 2.42. The largest absolute Gasteiger partial charge is 0.347 e. The molecule has 0 unspecified atom stereocenters. The number of hydrogen-bond acceptors (Lipinski definition) is 4. The number of carbonyl (C=O) groups is 1. The Morgan fingerprint density at radius 2 is 1.82 bits per heavy atom. The fourth-order valence-electron chi connectivity index (χ4n) is 3.70. The lowest BCUT2D eigenvalue weighted by molar-refractivity contribution is 0.0920. The molecular formula is C16H25N5O. The van der Waals surface area contributed by atoms with Gasteiger partial charge in [0, 0.05) is 6.04 Å². The lowest BCUT2D eigenvalue weighted by atomic mass is 10.1. The highest BCUT2D eigenvalue weighted by Crippen LogP contribution is 2.44. The predicted octanol–water partition coefficient (Wildman–Crippen LogP) is 1.43. The van der Waals surface area contributed by atoms with Crippen molar-refractivity contribution in [3.8, 4) is 0 Å². The van der Waals surface area contributed by atoms with Crippen molar-refractivity contribution in [1.29, 1.82) is 0 Å². The summed E-state index contributed by atoms with van der Waals surface area (Å²) in [5.74, 6) is 1.38. The first-order valence-corrected chi connectivity index (χ1v) is 8.67. The van der Waals surface area contributed by atoms with E-state index in [9.17, 15) is 4.79 Å². The van der Waals surface area contributed by atoms with Crippen LogP contribution in [-0.2, 0) is 0 Å². The summed E-state index contributed by atoms with van der Waals surface area (Å²) >= 11 is 0. The van der Waals surface area contributed by atoms with Crippen LogP contribution in [0.4, 0.5) is 0 Å². The molecule has 1 aromatic rings. The van der Waals surface area contributed by atoms with Gasteiger partial charge in [0.1, 0.15) is 0 Å². The molecule has 2 aliphatic carbocycles. The molecule has 1 saturated heterocycles. The topological polar surface area (TPSA) is 71.8 Å². The van der Waals surface area contributed by atoms with Gasteiger partial charge in [0.2, 0.25) is 0 Å². The first-order valence-electron chi connectivity index (χ1n) is 8.67. The highest BCUT2D eigenvalue weighted by atomic mass is 16.2. The number of nitrogens with zero attached hydrogens (tertiary/aromatic N) is 3. The number of hydrogen-bond donors (Lipinski definition) is 2. The molecule has 4 rings (SSSR count). The van der Waals surface area contributed by atoms with Gasteiger partial charge in [-0.1, -0.05) is 5.21 Å². The monoisotopic (exact) mass is 303 g/mol. The van der Waals surface area contributed by atoms with E-state index in [0.29, 0.717) is 29.6 Å². The number of amides is 1. The summed E-state index contributed by atoms with van der Waals surface area (Å²) in [5.41, 5.74) is 1.43. The van der Waals surface area contributed by atoms with Crippen LogP contribution in [0.3, 0.4) is 0 Å². The zero-order chi connectivity index (χ0) is 15.1. The van der Waals surface area contributed by atoms with E-state index in [1.807, 2.05) is 11.6 Å². The lowest BCUT2D eigenvalue weighted by Crippen LogP contribution is -2.38. The Morgan fingerprint density at radius 3 is 2.41 bits per heavy atom. The van der Waals surface area contributed by atoms with Gasteiger partial charge in [-0.05, 0) is 70.4 Å².